The van der Waals surface area contributed by atoms with E-state index in [0.717, 1.165) is 17.5 Å². The first-order valence-electron chi connectivity index (χ1n) is 11.8. The summed E-state index contributed by atoms with van der Waals surface area (Å²) < 4.78 is 36.1. The normalized spacial score (nSPS) is 27.8. The summed E-state index contributed by atoms with van der Waals surface area (Å²) in [6, 6.07) is 14.6. The van der Waals surface area contributed by atoms with Crippen molar-refractivity contribution >= 4 is 21.8 Å². The summed E-state index contributed by atoms with van der Waals surface area (Å²) in [5, 5.41) is 0. The molecule has 2 aliphatic heterocycles. The quantitative estimate of drug-likeness (QED) is 0.554. The maximum Gasteiger partial charge on any atom is 0.412 e. The molecule has 180 valence electrons. The number of nitrogens with zero attached hydrogens (tertiary/aromatic N) is 2. The van der Waals surface area contributed by atoms with Crippen LogP contribution in [0.15, 0.2) is 66.1 Å². The van der Waals surface area contributed by atoms with Crippen molar-refractivity contribution in [1.29, 1.82) is 0 Å². The van der Waals surface area contributed by atoms with Gasteiger partial charge in [-0.25, -0.2) is 17.5 Å². The number of rotatable bonds is 3. The molecule has 1 saturated carbocycles. The molecular weight excluding hydrogens is 448 g/mol. The number of allylic oxidation sites excluding steroid dienone is 1. The summed E-state index contributed by atoms with van der Waals surface area (Å²) in [5.41, 5.74) is 0.252. The van der Waals surface area contributed by atoms with Gasteiger partial charge in [0.2, 0.25) is 0 Å². The van der Waals surface area contributed by atoms with Crippen LogP contribution in [0.5, 0.6) is 0 Å². The van der Waals surface area contributed by atoms with Gasteiger partial charge in [-0.3, -0.25) is 4.90 Å². The maximum absolute atomic E-state index is 14.4. The number of carbonyl (C=O) groups is 1. The molecule has 0 N–H and O–H groups in total. The van der Waals surface area contributed by atoms with E-state index in [2.05, 4.69) is 6.58 Å². The van der Waals surface area contributed by atoms with Crippen molar-refractivity contribution in [3.8, 4) is 0 Å². The Labute approximate surface area is 202 Å². The molecule has 0 aromatic heterocycles. The summed E-state index contributed by atoms with van der Waals surface area (Å²) in [7, 11) is -3.98. The van der Waals surface area contributed by atoms with Crippen molar-refractivity contribution < 1.29 is 17.9 Å². The molecule has 34 heavy (non-hydrogen) atoms. The predicted octanol–water partition coefficient (Wildman–Crippen LogP) is 5.37. The molecule has 2 heterocycles. The number of benzene rings is 2. The second-order valence-corrected chi connectivity index (χ2v) is 12.4. The lowest BCUT2D eigenvalue weighted by Gasteiger charge is -2.47. The summed E-state index contributed by atoms with van der Waals surface area (Å²) in [5.74, 6) is 0.0410. The monoisotopic (exact) mass is 480 g/mol. The van der Waals surface area contributed by atoms with Gasteiger partial charge < -0.3 is 4.74 Å². The van der Waals surface area contributed by atoms with Crippen molar-refractivity contribution in [3.05, 3.63) is 72.3 Å². The van der Waals surface area contributed by atoms with E-state index in [1.807, 2.05) is 58.0 Å². The van der Waals surface area contributed by atoms with Crippen LogP contribution in [0.25, 0.3) is 0 Å². The van der Waals surface area contributed by atoms with E-state index in [1.54, 1.807) is 33.5 Å². The van der Waals surface area contributed by atoms with Crippen molar-refractivity contribution in [1.82, 2.24) is 4.90 Å². The molecule has 1 saturated heterocycles. The average Bonchev–Trinajstić information content (AvgIpc) is 3.33. The third kappa shape index (κ3) is 2.85. The lowest BCUT2D eigenvalue weighted by Crippen LogP contribution is -2.64. The van der Waals surface area contributed by atoms with E-state index in [0.29, 0.717) is 25.1 Å². The van der Waals surface area contributed by atoms with E-state index >= 15 is 0 Å². The van der Waals surface area contributed by atoms with Gasteiger partial charge in [0.05, 0.1) is 10.6 Å². The van der Waals surface area contributed by atoms with Crippen LogP contribution < -0.4 is 4.31 Å². The number of para-hydroxylation sites is 1. The van der Waals surface area contributed by atoms with Gasteiger partial charge >= 0.3 is 6.09 Å². The molecule has 0 spiro atoms. The fourth-order valence-electron chi connectivity index (χ4n) is 6.55. The summed E-state index contributed by atoms with van der Waals surface area (Å²) in [4.78, 5) is 15.5. The smallest absolute Gasteiger partial charge is 0.412 e. The van der Waals surface area contributed by atoms with Crippen LogP contribution in [-0.4, -0.2) is 37.2 Å². The highest BCUT2D eigenvalue weighted by atomic mass is 32.2. The predicted molar refractivity (Wildman–Crippen MR) is 132 cm³/mol. The number of carbonyl (C=O) groups excluding carboxylic acids is 1. The van der Waals surface area contributed by atoms with E-state index in [1.165, 1.54) is 0 Å². The van der Waals surface area contributed by atoms with Crippen molar-refractivity contribution in [2.45, 2.75) is 68.5 Å². The zero-order valence-electron chi connectivity index (χ0n) is 20.2. The number of aryl methyl sites for hydroxylation is 1. The van der Waals surface area contributed by atoms with Gasteiger partial charge in [0.25, 0.3) is 10.0 Å². The SMILES string of the molecule is C=CC1CC[C@@]23N(C(=O)OC(C)(C)C)CC[C@@]12c1ccccc1N3S(=O)(=O)c1ccc(C)cc1. The number of amides is 1. The molecule has 6 nitrogen and oxygen atoms in total. The highest BCUT2D eigenvalue weighted by Crippen LogP contribution is 2.69. The number of sulfonamides is 1. The largest absolute Gasteiger partial charge is 0.444 e. The Hall–Kier alpha value is -2.80. The first kappa shape index (κ1) is 23.0. The van der Waals surface area contributed by atoms with E-state index in [-0.39, 0.29) is 10.8 Å². The first-order chi connectivity index (χ1) is 16.0. The van der Waals surface area contributed by atoms with Crippen molar-refractivity contribution in [2.24, 2.45) is 5.92 Å². The van der Waals surface area contributed by atoms with Gasteiger partial charge in [-0.2, -0.15) is 0 Å². The molecule has 3 atom stereocenters. The molecular formula is C27H32N2O4S. The van der Waals surface area contributed by atoms with Crippen LogP contribution in [0.4, 0.5) is 10.5 Å². The summed E-state index contributed by atoms with van der Waals surface area (Å²) in [6.45, 7) is 12.0. The van der Waals surface area contributed by atoms with Crippen molar-refractivity contribution in [2.75, 3.05) is 10.8 Å². The fourth-order valence-corrected chi connectivity index (χ4v) is 8.41. The number of likely N-dealkylation sites (tertiary alicyclic amines) is 1. The topological polar surface area (TPSA) is 66.9 Å². The highest BCUT2D eigenvalue weighted by molar-refractivity contribution is 7.93. The van der Waals surface area contributed by atoms with Crippen LogP contribution in [-0.2, 0) is 20.2 Å². The molecule has 1 aliphatic carbocycles. The van der Waals surface area contributed by atoms with Gasteiger partial charge in [0, 0.05) is 12.0 Å². The Kier molecular flexibility index (Phi) is 4.96. The molecule has 0 radical (unpaired) electrons. The minimum Gasteiger partial charge on any atom is -0.444 e. The number of hydrogen-bond donors (Lipinski definition) is 0. The molecule has 2 aromatic carbocycles. The highest BCUT2D eigenvalue weighted by Gasteiger charge is 2.76. The zero-order chi connectivity index (χ0) is 24.5. The van der Waals surface area contributed by atoms with Crippen molar-refractivity contribution in [3.63, 3.8) is 0 Å². The minimum absolute atomic E-state index is 0.0410. The number of hydrogen-bond acceptors (Lipinski definition) is 4. The van der Waals surface area contributed by atoms with Crippen LogP contribution in [0.1, 0.15) is 51.2 Å². The van der Waals surface area contributed by atoms with Crippen LogP contribution >= 0.6 is 0 Å². The molecule has 0 bridgehead atoms. The van der Waals surface area contributed by atoms with Gasteiger partial charge in [-0.15, -0.1) is 6.58 Å². The molecule has 1 unspecified atom stereocenters. The standard InChI is InChI=1S/C27H32N2O4S/c1-6-20-15-16-27-26(20,17-18-28(27)24(30)33-25(3,4)5)22-9-7-8-10-23(22)29(27)34(31,32)21-13-11-19(2)12-14-21/h6-14,20H,1,15-18H2,2-5H3/t20?,26-,27-/m0/s1. The van der Waals surface area contributed by atoms with E-state index in [4.69, 9.17) is 4.74 Å². The number of ether oxygens (including phenoxy) is 1. The summed E-state index contributed by atoms with van der Waals surface area (Å²) >= 11 is 0. The molecule has 2 aromatic rings. The first-order valence-corrected chi connectivity index (χ1v) is 13.3. The van der Waals surface area contributed by atoms with Crippen LogP contribution in [0.2, 0.25) is 0 Å². The Morgan fingerprint density at radius 3 is 2.44 bits per heavy atom. The third-order valence-corrected chi connectivity index (χ3v) is 9.57. The molecule has 5 rings (SSSR count). The van der Waals surface area contributed by atoms with Gasteiger partial charge in [0.15, 0.2) is 0 Å². The summed E-state index contributed by atoms with van der Waals surface area (Å²) in [6.07, 6.45) is 3.38. The lowest BCUT2D eigenvalue weighted by molar-refractivity contribution is 0.00576. The molecule has 1 amide bonds. The molecule has 7 heteroatoms. The van der Waals surface area contributed by atoms with Gasteiger partial charge in [0.1, 0.15) is 11.3 Å². The zero-order valence-corrected chi connectivity index (χ0v) is 21.1. The van der Waals surface area contributed by atoms with E-state index < -0.39 is 32.8 Å². The fraction of sp³-hybridized carbons (Fsp3) is 0.444. The number of fused-ring (bicyclic) bond motifs is 1. The van der Waals surface area contributed by atoms with E-state index in [9.17, 15) is 13.2 Å². The van der Waals surface area contributed by atoms with Gasteiger partial charge in [-0.05, 0) is 76.6 Å². The Morgan fingerprint density at radius 1 is 1.12 bits per heavy atom. The second kappa shape index (κ2) is 7.35. The molecule has 3 aliphatic rings. The molecule has 2 fully saturated rings. The van der Waals surface area contributed by atoms with Crippen LogP contribution in [0.3, 0.4) is 0 Å². The Morgan fingerprint density at radius 2 is 1.79 bits per heavy atom. The Balaban J connectivity index is 1.78. The second-order valence-electron chi connectivity index (χ2n) is 10.7. The van der Waals surface area contributed by atoms with Gasteiger partial charge in [-0.1, -0.05) is 42.0 Å². The lowest BCUT2D eigenvalue weighted by atomic mass is 9.69. The maximum atomic E-state index is 14.4. The Bertz CT molecular complexity index is 1260. The third-order valence-electron chi connectivity index (χ3n) is 7.72. The number of anilines is 1. The minimum atomic E-state index is -3.98. The van der Waals surface area contributed by atoms with Crippen LogP contribution in [0, 0.1) is 12.8 Å². The average molecular weight is 481 g/mol.